The van der Waals surface area contributed by atoms with Gasteiger partial charge in [-0.1, -0.05) is 37.3 Å². The molecule has 0 radical (unpaired) electrons. The first kappa shape index (κ1) is 14.1. The highest BCUT2D eigenvalue weighted by Gasteiger charge is 2.12. The maximum atomic E-state index is 12.0. The molecule has 0 amide bonds. The fourth-order valence-electron chi connectivity index (χ4n) is 2.17. The Balaban J connectivity index is 2.54. The van der Waals surface area contributed by atoms with Crippen molar-refractivity contribution in [3.05, 3.63) is 48.0 Å². The molecule has 0 aliphatic carbocycles. The second-order valence-electron chi connectivity index (χ2n) is 4.39. The molecular formula is C17H18O3. The van der Waals surface area contributed by atoms with Crippen LogP contribution in [0.5, 0.6) is 11.5 Å². The summed E-state index contributed by atoms with van der Waals surface area (Å²) in [5, 5.41) is 0. The number of hydrogen-bond acceptors (Lipinski definition) is 3. The van der Waals surface area contributed by atoms with Gasteiger partial charge < -0.3 is 9.47 Å². The Hall–Kier alpha value is -2.29. The maximum Gasteiger partial charge on any atom is 0.163 e. The molecule has 20 heavy (non-hydrogen) atoms. The lowest BCUT2D eigenvalue weighted by molar-refractivity contribution is 0.0989. The van der Waals surface area contributed by atoms with E-state index in [1.807, 2.05) is 49.4 Å². The number of hydrogen-bond donors (Lipinski definition) is 0. The predicted octanol–water partition coefficient (Wildman–Crippen LogP) is 3.96. The van der Waals surface area contributed by atoms with E-state index < -0.39 is 0 Å². The van der Waals surface area contributed by atoms with Gasteiger partial charge in [-0.15, -0.1) is 0 Å². The van der Waals surface area contributed by atoms with Gasteiger partial charge in [0.05, 0.1) is 14.2 Å². The van der Waals surface area contributed by atoms with E-state index in [9.17, 15) is 4.79 Å². The van der Waals surface area contributed by atoms with E-state index in [-0.39, 0.29) is 5.78 Å². The van der Waals surface area contributed by atoms with Crippen LogP contribution in [0.3, 0.4) is 0 Å². The highest BCUT2D eigenvalue weighted by Crippen LogP contribution is 2.33. The lowest BCUT2D eigenvalue weighted by Crippen LogP contribution is -1.99. The van der Waals surface area contributed by atoms with E-state index in [4.69, 9.17) is 9.47 Å². The van der Waals surface area contributed by atoms with Crippen LogP contribution in [-0.4, -0.2) is 20.0 Å². The molecule has 104 valence electrons. The topological polar surface area (TPSA) is 35.5 Å². The Bertz CT molecular complexity index is 617. The lowest BCUT2D eigenvalue weighted by Gasteiger charge is -2.12. The summed E-state index contributed by atoms with van der Waals surface area (Å²) in [5.74, 6) is 1.47. The molecule has 3 heteroatoms. The summed E-state index contributed by atoms with van der Waals surface area (Å²) < 4.78 is 10.5. The number of carbonyl (C=O) groups excluding carboxylic acids is 1. The molecule has 0 unspecified atom stereocenters. The third kappa shape index (κ3) is 2.67. The van der Waals surface area contributed by atoms with Crippen molar-refractivity contribution in [2.75, 3.05) is 14.2 Å². The number of benzene rings is 2. The molecule has 0 saturated carbocycles. The third-order valence-corrected chi connectivity index (χ3v) is 3.24. The van der Waals surface area contributed by atoms with Gasteiger partial charge in [0.25, 0.3) is 0 Å². The van der Waals surface area contributed by atoms with Gasteiger partial charge >= 0.3 is 0 Å². The molecular weight excluding hydrogens is 252 g/mol. The zero-order chi connectivity index (χ0) is 14.5. The van der Waals surface area contributed by atoms with Crippen LogP contribution in [0.4, 0.5) is 0 Å². The number of Topliss-reactive ketones (excluding diaryl/α,β-unsaturated/α-hetero) is 1. The number of ketones is 1. The number of ether oxygens (including phenoxy) is 2. The third-order valence-electron chi connectivity index (χ3n) is 3.24. The van der Waals surface area contributed by atoms with Crippen LogP contribution in [0.15, 0.2) is 42.5 Å². The Labute approximate surface area is 119 Å². The van der Waals surface area contributed by atoms with Gasteiger partial charge in [0.1, 0.15) is 0 Å². The quantitative estimate of drug-likeness (QED) is 0.771. The number of rotatable bonds is 5. The standard InChI is InChI=1S/C17H18O3/c1-4-15(18)14-8-6-5-7-13(14)12-9-10-16(19-2)17(11-12)20-3/h5-11H,4H2,1-3H3. The van der Waals surface area contributed by atoms with Crippen LogP contribution in [0.1, 0.15) is 23.7 Å². The van der Waals surface area contributed by atoms with Crippen LogP contribution in [0, 0.1) is 0 Å². The molecule has 0 aliphatic rings. The largest absolute Gasteiger partial charge is 0.493 e. The molecule has 0 N–H and O–H groups in total. The minimum Gasteiger partial charge on any atom is -0.493 e. The van der Waals surface area contributed by atoms with Crippen molar-refractivity contribution in [1.29, 1.82) is 0 Å². The van der Waals surface area contributed by atoms with Crippen molar-refractivity contribution in [3.63, 3.8) is 0 Å². The summed E-state index contributed by atoms with van der Waals surface area (Å²) in [6.07, 6.45) is 0.490. The maximum absolute atomic E-state index is 12.0. The predicted molar refractivity (Wildman–Crippen MR) is 79.6 cm³/mol. The molecule has 0 heterocycles. The molecule has 2 rings (SSSR count). The van der Waals surface area contributed by atoms with E-state index in [2.05, 4.69) is 0 Å². The van der Waals surface area contributed by atoms with Gasteiger partial charge in [-0.25, -0.2) is 0 Å². The minimum atomic E-state index is 0.135. The van der Waals surface area contributed by atoms with Crippen molar-refractivity contribution in [2.45, 2.75) is 13.3 Å². The van der Waals surface area contributed by atoms with E-state index in [0.717, 1.165) is 16.7 Å². The average molecular weight is 270 g/mol. The van der Waals surface area contributed by atoms with Crippen LogP contribution in [-0.2, 0) is 0 Å². The summed E-state index contributed by atoms with van der Waals surface area (Å²) in [4.78, 5) is 12.0. The highest BCUT2D eigenvalue weighted by molar-refractivity contribution is 6.02. The van der Waals surface area contributed by atoms with Crippen molar-refractivity contribution >= 4 is 5.78 Å². The zero-order valence-corrected chi connectivity index (χ0v) is 12.0. The van der Waals surface area contributed by atoms with Crippen molar-refractivity contribution < 1.29 is 14.3 Å². The van der Waals surface area contributed by atoms with Gasteiger partial charge in [-0.3, -0.25) is 4.79 Å². The van der Waals surface area contributed by atoms with Gasteiger partial charge in [0, 0.05) is 12.0 Å². The summed E-state index contributed by atoms with van der Waals surface area (Å²) in [6, 6.07) is 13.3. The zero-order valence-electron chi connectivity index (χ0n) is 12.0. The molecule has 0 aliphatic heterocycles. The Morgan fingerprint density at radius 2 is 1.70 bits per heavy atom. The van der Waals surface area contributed by atoms with Crippen LogP contribution >= 0.6 is 0 Å². The first-order valence-electron chi connectivity index (χ1n) is 6.55. The van der Waals surface area contributed by atoms with E-state index >= 15 is 0 Å². The number of methoxy groups -OCH3 is 2. The highest BCUT2D eigenvalue weighted by atomic mass is 16.5. The second kappa shape index (κ2) is 6.24. The van der Waals surface area contributed by atoms with Crippen molar-refractivity contribution in [1.82, 2.24) is 0 Å². The first-order valence-corrected chi connectivity index (χ1v) is 6.55. The van der Waals surface area contributed by atoms with Gasteiger partial charge in [-0.05, 0) is 23.3 Å². The smallest absolute Gasteiger partial charge is 0.163 e. The fourth-order valence-corrected chi connectivity index (χ4v) is 2.17. The summed E-state index contributed by atoms with van der Waals surface area (Å²) in [6.45, 7) is 1.87. The Kier molecular flexibility index (Phi) is 4.41. The van der Waals surface area contributed by atoms with Crippen LogP contribution in [0.2, 0.25) is 0 Å². The summed E-state index contributed by atoms with van der Waals surface area (Å²) >= 11 is 0. The molecule has 0 aromatic heterocycles. The molecule has 0 bridgehead atoms. The Morgan fingerprint density at radius 3 is 2.35 bits per heavy atom. The summed E-state index contributed by atoms with van der Waals surface area (Å²) in [5.41, 5.74) is 2.60. The van der Waals surface area contributed by atoms with Crippen LogP contribution in [0.25, 0.3) is 11.1 Å². The van der Waals surface area contributed by atoms with Crippen LogP contribution < -0.4 is 9.47 Å². The molecule has 0 spiro atoms. The first-order chi connectivity index (χ1) is 9.71. The van der Waals surface area contributed by atoms with Crippen molar-refractivity contribution in [2.24, 2.45) is 0 Å². The monoisotopic (exact) mass is 270 g/mol. The fraction of sp³-hybridized carbons (Fsp3) is 0.235. The van der Waals surface area contributed by atoms with Gasteiger partial charge in [0.15, 0.2) is 17.3 Å². The number of carbonyl (C=O) groups is 1. The van der Waals surface area contributed by atoms with E-state index in [1.165, 1.54) is 0 Å². The SMILES string of the molecule is CCC(=O)c1ccccc1-c1ccc(OC)c(OC)c1. The molecule has 2 aromatic carbocycles. The molecule has 0 atom stereocenters. The van der Waals surface area contributed by atoms with E-state index in [0.29, 0.717) is 17.9 Å². The van der Waals surface area contributed by atoms with E-state index in [1.54, 1.807) is 14.2 Å². The lowest BCUT2D eigenvalue weighted by atomic mass is 9.96. The second-order valence-corrected chi connectivity index (χ2v) is 4.39. The molecule has 2 aromatic rings. The van der Waals surface area contributed by atoms with Gasteiger partial charge in [-0.2, -0.15) is 0 Å². The Morgan fingerprint density at radius 1 is 1.00 bits per heavy atom. The molecule has 3 nitrogen and oxygen atoms in total. The minimum absolute atomic E-state index is 0.135. The molecule has 0 saturated heterocycles. The van der Waals surface area contributed by atoms with Crippen molar-refractivity contribution in [3.8, 4) is 22.6 Å². The van der Waals surface area contributed by atoms with Gasteiger partial charge in [0.2, 0.25) is 0 Å². The molecule has 0 fully saturated rings. The normalized spacial score (nSPS) is 10.2. The summed E-state index contributed by atoms with van der Waals surface area (Å²) in [7, 11) is 3.21. The average Bonchev–Trinajstić information content (AvgIpc) is 2.53.